The number of carbonyl (C=O) groups is 1. The molecule has 0 heterocycles. The van der Waals surface area contributed by atoms with Crippen LogP contribution >= 0.6 is 0 Å². The van der Waals surface area contributed by atoms with Crippen molar-refractivity contribution in [2.75, 3.05) is 20.1 Å². The van der Waals surface area contributed by atoms with E-state index >= 15 is 0 Å². The van der Waals surface area contributed by atoms with E-state index in [1.807, 2.05) is 0 Å². The summed E-state index contributed by atoms with van der Waals surface area (Å²) in [6.45, 7) is 4.42. The minimum absolute atomic E-state index is 0.0829. The predicted octanol–water partition coefficient (Wildman–Crippen LogP) is -0.411. The summed E-state index contributed by atoms with van der Waals surface area (Å²) >= 11 is 0. The van der Waals surface area contributed by atoms with Gasteiger partial charge in [-0.1, -0.05) is 6.58 Å². The molecular formula is C6H12N2O. The van der Waals surface area contributed by atoms with Gasteiger partial charge in [-0.25, -0.2) is 0 Å². The van der Waals surface area contributed by atoms with Crippen LogP contribution < -0.4 is 5.73 Å². The number of hydrogen-bond acceptors (Lipinski definition) is 2. The largest absolute Gasteiger partial charge is 0.341 e. The van der Waals surface area contributed by atoms with Crippen molar-refractivity contribution >= 4 is 5.91 Å². The Kier molecular flexibility index (Phi) is 3.71. The summed E-state index contributed by atoms with van der Waals surface area (Å²) in [7, 11) is 1.69. The molecular weight excluding hydrogens is 116 g/mol. The highest BCUT2D eigenvalue weighted by atomic mass is 16.2. The molecule has 0 aliphatic rings. The molecule has 0 rings (SSSR count). The minimum Gasteiger partial charge on any atom is -0.341 e. The monoisotopic (exact) mass is 128 g/mol. The first-order chi connectivity index (χ1) is 4.22. The second-order valence-electron chi connectivity index (χ2n) is 1.75. The van der Waals surface area contributed by atoms with E-state index in [0.29, 0.717) is 13.1 Å². The van der Waals surface area contributed by atoms with Crippen LogP contribution in [0.4, 0.5) is 0 Å². The smallest absolute Gasteiger partial charge is 0.245 e. The molecule has 0 fully saturated rings. The van der Waals surface area contributed by atoms with Crippen molar-refractivity contribution in [3.8, 4) is 0 Å². The maximum absolute atomic E-state index is 10.7. The van der Waals surface area contributed by atoms with E-state index in [4.69, 9.17) is 5.73 Å². The molecule has 0 bridgehead atoms. The minimum atomic E-state index is -0.0829. The summed E-state index contributed by atoms with van der Waals surface area (Å²) in [4.78, 5) is 12.2. The first-order valence-corrected chi connectivity index (χ1v) is 2.80. The fraction of sp³-hybridized carbons (Fsp3) is 0.500. The van der Waals surface area contributed by atoms with Crippen molar-refractivity contribution in [3.05, 3.63) is 12.7 Å². The Labute approximate surface area is 55.1 Å². The summed E-state index contributed by atoms with van der Waals surface area (Å²) in [5.41, 5.74) is 5.19. The van der Waals surface area contributed by atoms with Gasteiger partial charge < -0.3 is 10.6 Å². The van der Waals surface area contributed by atoms with Gasteiger partial charge in [0, 0.05) is 20.1 Å². The molecule has 3 nitrogen and oxygen atoms in total. The molecule has 0 atom stereocenters. The van der Waals surface area contributed by atoms with E-state index in [9.17, 15) is 4.79 Å². The van der Waals surface area contributed by atoms with Crippen molar-refractivity contribution < 1.29 is 4.79 Å². The van der Waals surface area contributed by atoms with Gasteiger partial charge in [-0.2, -0.15) is 0 Å². The lowest BCUT2D eigenvalue weighted by Crippen LogP contribution is -2.29. The van der Waals surface area contributed by atoms with Crippen molar-refractivity contribution in [1.82, 2.24) is 4.90 Å². The molecule has 0 saturated heterocycles. The average molecular weight is 128 g/mol. The molecule has 0 aromatic carbocycles. The van der Waals surface area contributed by atoms with Crippen LogP contribution in [0.2, 0.25) is 0 Å². The molecule has 3 heteroatoms. The van der Waals surface area contributed by atoms with E-state index in [-0.39, 0.29) is 5.91 Å². The zero-order valence-electron chi connectivity index (χ0n) is 5.63. The van der Waals surface area contributed by atoms with Gasteiger partial charge in [0.2, 0.25) is 5.91 Å². The van der Waals surface area contributed by atoms with Crippen LogP contribution in [0.15, 0.2) is 12.7 Å². The zero-order valence-corrected chi connectivity index (χ0v) is 5.63. The Bertz CT molecular complexity index is 112. The van der Waals surface area contributed by atoms with E-state index < -0.39 is 0 Å². The Hall–Kier alpha value is -0.830. The highest BCUT2D eigenvalue weighted by Gasteiger charge is 1.99. The summed E-state index contributed by atoms with van der Waals surface area (Å²) < 4.78 is 0. The summed E-state index contributed by atoms with van der Waals surface area (Å²) in [5.74, 6) is -0.0829. The lowest BCUT2D eigenvalue weighted by molar-refractivity contribution is -0.124. The maximum Gasteiger partial charge on any atom is 0.245 e. The maximum atomic E-state index is 10.7. The Morgan fingerprint density at radius 2 is 2.44 bits per heavy atom. The summed E-state index contributed by atoms with van der Waals surface area (Å²) in [6, 6.07) is 0. The van der Waals surface area contributed by atoms with Crippen LogP contribution in [0.25, 0.3) is 0 Å². The summed E-state index contributed by atoms with van der Waals surface area (Å²) in [5, 5.41) is 0. The van der Waals surface area contributed by atoms with Crippen molar-refractivity contribution in [2.24, 2.45) is 5.73 Å². The average Bonchev–Trinajstić information content (AvgIpc) is 1.87. The number of nitrogens with zero attached hydrogens (tertiary/aromatic N) is 1. The second kappa shape index (κ2) is 4.09. The van der Waals surface area contributed by atoms with Gasteiger partial charge in [-0.15, -0.1) is 0 Å². The van der Waals surface area contributed by atoms with Gasteiger partial charge in [-0.3, -0.25) is 4.79 Å². The molecule has 52 valence electrons. The Balaban J connectivity index is 3.58. The van der Waals surface area contributed by atoms with Gasteiger partial charge in [0.1, 0.15) is 0 Å². The molecule has 0 aromatic rings. The van der Waals surface area contributed by atoms with Gasteiger partial charge in [0.15, 0.2) is 0 Å². The van der Waals surface area contributed by atoms with Gasteiger partial charge in [0.25, 0.3) is 0 Å². The second-order valence-corrected chi connectivity index (χ2v) is 1.75. The van der Waals surface area contributed by atoms with Crippen LogP contribution in [0.1, 0.15) is 0 Å². The number of likely N-dealkylation sites (N-methyl/N-ethyl adjacent to an activating group) is 1. The van der Waals surface area contributed by atoms with Crippen LogP contribution in [-0.2, 0) is 4.79 Å². The molecule has 0 saturated carbocycles. The fourth-order valence-corrected chi connectivity index (χ4v) is 0.460. The van der Waals surface area contributed by atoms with Crippen LogP contribution in [-0.4, -0.2) is 30.9 Å². The normalized spacial score (nSPS) is 8.67. The Morgan fingerprint density at radius 1 is 1.89 bits per heavy atom. The zero-order chi connectivity index (χ0) is 7.28. The van der Waals surface area contributed by atoms with E-state index in [1.165, 1.54) is 11.0 Å². The number of nitrogens with two attached hydrogens (primary N) is 1. The van der Waals surface area contributed by atoms with E-state index in [0.717, 1.165) is 0 Å². The Morgan fingerprint density at radius 3 is 2.78 bits per heavy atom. The fourth-order valence-electron chi connectivity index (χ4n) is 0.460. The molecule has 2 N–H and O–H groups in total. The number of hydrogen-bond donors (Lipinski definition) is 1. The molecule has 0 radical (unpaired) electrons. The third-order valence-electron chi connectivity index (χ3n) is 1.02. The van der Waals surface area contributed by atoms with Crippen LogP contribution in [0, 0.1) is 0 Å². The highest BCUT2D eigenvalue weighted by Crippen LogP contribution is 1.81. The third kappa shape index (κ3) is 2.87. The molecule has 0 aliphatic heterocycles. The first kappa shape index (κ1) is 8.17. The van der Waals surface area contributed by atoms with E-state index in [2.05, 4.69) is 6.58 Å². The quantitative estimate of drug-likeness (QED) is 0.525. The molecule has 0 spiro atoms. The molecule has 0 unspecified atom stereocenters. The van der Waals surface area contributed by atoms with Crippen LogP contribution in [0.5, 0.6) is 0 Å². The standard InChI is InChI=1S/C6H12N2O/c1-3-6(9)8(2)5-4-7/h3H,1,4-5,7H2,2H3. The topological polar surface area (TPSA) is 46.3 Å². The molecule has 0 aromatic heterocycles. The van der Waals surface area contributed by atoms with Crippen molar-refractivity contribution in [3.63, 3.8) is 0 Å². The lowest BCUT2D eigenvalue weighted by atomic mass is 10.5. The number of carbonyl (C=O) groups excluding carboxylic acids is 1. The van der Waals surface area contributed by atoms with Crippen LogP contribution in [0.3, 0.4) is 0 Å². The van der Waals surface area contributed by atoms with Crippen molar-refractivity contribution in [1.29, 1.82) is 0 Å². The molecule has 9 heavy (non-hydrogen) atoms. The van der Waals surface area contributed by atoms with E-state index in [1.54, 1.807) is 7.05 Å². The SMILES string of the molecule is C=CC(=O)N(C)CCN. The summed E-state index contributed by atoms with van der Waals surface area (Å²) in [6.07, 6.45) is 1.27. The van der Waals surface area contributed by atoms with Crippen molar-refractivity contribution in [2.45, 2.75) is 0 Å². The molecule has 1 amide bonds. The predicted molar refractivity (Wildman–Crippen MR) is 36.9 cm³/mol. The van der Waals surface area contributed by atoms with Gasteiger partial charge in [0.05, 0.1) is 0 Å². The number of amides is 1. The third-order valence-corrected chi connectivity index (χ3v) is 1.02. The first-order valence-electron chi connectivity index (χ1n) is 2.80. The van der Waals surface area contributed by atoms with Gasteiger partial charge in [-0.05, 0) is 6.08 Å². The highest BCUT2D eigenvalue weighted by molar-refractivity contribution is 5.86. The number of rotatable bonds is 3. The lowest BCUT2D eigenvalue weighted by Gasteiger charge is -2.12. The van der Waals surface area contributed by atoms with Gasteiger partial charge >= 0.3 is 0 Å². The molecule has 0 aliphatic carbocycles.